The highest BCUT2D eigenvalue weighted by Crippen LogP contribution is 2.30. The molecule has 1 saturated heterocycles. The number of nitro benzene ring substituents is 1. The topological polar surface area (TPSA) is 135 Å². The number of aryl methyl sites for hydroxylation is 2. The predicted molar refractivity (Wildman–Crippen MR) is 158 cm³/mol. The normalized spacial score (nSPS) is 14.6. The molecule has 1 fully saturated rings. The Balaban J connectivity index is 1.33. The van der Waals surface area contributed by atoms with Gasteiger partial charge in [0.05, 0.1) is 12.0 Å². The fourth-order valence-corrected chi connectivity index (χ4v) is 5.50. The van der Waals surface area contributed by atoms with E-state index in [1.165, 1.54) is 17.7 Å². The number of H-pyrrole nitrogens is 1. The molecule has 1 N–H and O–H groups in total. The van der Waals surface area contributed by atoms with Gasteiger partial charge in [0.15, 0.2) is 5.82 Å². The van der Waals surface area contributed by atoms with Crippen molar-refractivity contribution in [1.29, 1.82) is 0 Å². The molecule has 0 aliphatic carbocycles. The number of nitrogens with zero attached hydrogens (tertiary/aromatic N) is 7. The highest BCUT2D eigenvalue weighted by molar-refractivity contribution is 5.80. The first kappa shape index (κ1) is 27.1. The zero-order chi connectivity index (χ0) is 29.1. The zero-order valence-electron chi connectivity index (χ0n) is 23.1. The maximum Gasteiger partial charge on any atom is 0.269 e. The zero-order valence-corrected chi connectivity index (χ0v) is 23.1. The fraction of sp³-hybridized carbons (Fsp3) is 0.267. The van der Waals surface area contributed by atoms with Crippen molar-refractivity contribution < 1.29 is 9.66 Å². The van der Waals surface area contributed by atoms with Crippen LogP contribution in [0.25, 0.3) is 10.9 Å². The quantitative estimate of drug-likeness (QED) is 0.210. The van der Waals surface area contributed by atoms with Crippen LogP contribution in [0.15, 0.2) is 83.7 Å². The molecule has 0 saturated carbocycles. The van der Waals surface area contributed by atoms with E-state index in [2.05, 4.69) is 42.4 Å². The number of ether oxygens (including phenoxy) is 1. The Kier molecular flexibility index (Phi) is 7.60. The van der Waals surface area contributed by atoms with Gasteiger partial charge in [-0.15, -0.1) is 5.10 Å². The van der Waals surface area contributed by atoms with Crippen LogP contribution < -0.4 is 15.2 Å². The molecule has 6 rings (SSSR count). The number of fused-ring (bicyclic) bond motifs is 1. The van der Waals surface area contributed by atoms with Crippen molar-refractivity contribution in [1.82, 2.24) is 30.1 Å². The van der Waals surface area contributed by atoms with Gasteiger partial charge in [0, 0.05) is 67.0 Å². The maximum atomic E-state index is 13.6. The van der Waals surface area contributed by atoms with Gasteiger partial charge in [0.25, 0.3) is 11.2 Å². The average Bonchev–Trinajstić information content (AvgIpc) is 3.49. The minimum Gasteiger partial charge on any atom is -0.497 e. The van der Waals surface area contributed by atoms with Crippen LogP contribution in [0, 0.1) is 10.1 Å². The van der Waals surface area contributed by atoms with Crippen molar-refractivity contribution in [3.05, 3.63) is 116 Å². The number of piperazine rings is 1. The molecule has 0 radical (unpaired) electrons. The van der Waals surface area contributed by atoms with E-state index in [0.717, 1.165) is 23.0 Å². The Morgan fingerprint density at radius 1 is 1.00 bits per heavy atom. The Hall–Kier alpha value is -5.10. The summed E-state index contributed by atoms with van der Waals surface area (Å²) < 4.78 is 7.21. The van der Waals surface area contributed by atoms with Crippen molar-refractivity contribution in [2.75, 3.05) is 38.2 Å². The highest BCUT2D eigenvalue weighted by atomic mass is 16.6. The van der Waals surface area contributed by atoms with Gasteiger partial charge in [-0.3, -0.25) is 19.8 Å². The van der Waals surface area contributed by atoms with Crippen molar-refractivity contribution in [3.63, 3.8) is 0 Å². The number of methoxy groups -OCH3 is 1. The molecule has 5 aromatic rings. The number of rotatable bonds is 9. The predicted octanol–water partition coefficient (Wildman–Crippen LogP) is 3.59. The summed E-state index contributed by atoms with van der Waals surface area (Å²) in [6, 6.07) is 23.7. The Morgan fingerprint density at radius 2 is 1.76 bits per heavy atom. The molecule has 0 unspecified atom stereocenters. The molecule has 1 aliphatic rings. The minimum atomic E-state index is -0.492. The summed E-state index contributed by atoms with van der Waals surface area (Å²) in [5.41, 5.74) is 3.22. The first-order valence-electron chi connectivity index (χ1n) is 13.7. The molecule has 0 amide bonds. The van der Waals surface area contributed by atoms with E-state index in [1.54, 1.807) is 23.9 Å². The average molecular weight is 567 g/mol. The monoisotopic (exact) mass is 566 g/mol. The number of aromatic nitrogens is 5. The number of non-ortho nitro benzene ring substituents is 1. The lowest BCUT2D eigenvalue weighted by Crippen LogP contribution is -2.49. The third-order valence-corrected chi connectivity index (χ3v) is 7.74. The van der Waals surface area contributed by atoms with E-state index in [9.17, 15) is 14.9 Å². The Labute approximate surface area is 241 Å². The third-order valence-electron chi connectivity index (χ3n) is 7.74. The third kappa shape index (κ3) is 5.56. The van der Waals surface area contributed by atoms with Gasteiger partial charge < -0.3 is 14.6 Å². The number of aromatic amines is 1. The van der Waals surface area contributed by atoms with Crippen molar-refractivity contribution in [2.45, 2.75) is 19.0 Å². The van der Waals surface area contributed by atoms with E-state index >= 15 is 0 Å². The van der Waals surface area contributed by atoms with Crippen LogP contribution in [0.4, 0.5) is 11.4 Å². The summed E-state index contributed by atoms with van der Waals surface area (Å²) in [6.07, 6.45) is 0.741. The van der Waals surface area contributed by atoms with Gasteiger partial charge >= 0.3 is 0 Å². The molecule has 1 aliphatic heterocycles. The number of nitro groups is 1. The number of hydrogen-bond donors (Lipinski definition) is 1. The number of anilines is 1. The number of benzene rings is 3. The molecule has 12 heteroatoms. The van der Waals surface area contributed by atoms with Crippen LogP contribution >= 0.6 is 0 Å². The molecule has 0 spiro atoms. The fourth-order valence-electron chi connectivity index (χ4n) is 5.50. The lowest BCUT2D eigenvalue weighted by atomic mass is 10.0. The summed E-state index contributed by atoms with van der Waals surface area (Å²) >= 11 is 0. The van der Waals surface area contributed by atoms with Crippen LogP contribution in [0.3, 0.4) is 0 Å². The SMILES string of the molecule is COc1ccc2[nH]c(=O)c([C@H](c3nnnn3CCc3ccccc3)N3CCN(c4ccc([N+](=O)[O-])cc4)CC3)cc2c1. The molecule has 1 atom stereocenters. The van der Waals surface area contributed by atoms with E-state index in [-0.39, 0.29) is 11.2 Å². The van der Waals surface area contributed by atoms with Crippen molar-refractivity contribution in [2.24, 2.45) is 0 Å². The molecule has 12 nitrogen and oxygen atoms in total. The lowest BCUT2D eigenvalue weighted by molar-refractivity contribution is -0.384. The van der Waals surface area contributed by atoms with E-state index in [1.807, 2.05) is 42.5 Å². The summed E-state index contributed by atoms with van der Waals surface area (Å²) in [7, 11) is 1.61. The van der Waals surface area contributed by atoms with E-state index in [0.29, 0.717) is 49.9 Å². The second-order valence-electron chi connectivity index (χ2n) is 10.2. The van der Waals surface area contributed by atoms with Crippen molar-refractivity contribution in [3.8, 4) is 5.75 Å². The summed E-state index contributed by atoms with van der Waals surface area (Å²) in [5.74, 6) is 1.30. The first-order chi connectivity index (χ1) is 20.5. The molecule has 42 heavy (non-hydrogen) atoms. The van der Waals surface area contributed by atoms with Gasteiger partial charge in [-0.05, 0) is 58.8 Å². The summed E-state index contributed by atoms with van der Waals surface area (Å²) in [4.78, 5) is 31.7. The number of nitrogens with one attached hydrogen (secondary N) is 1. The molecular weight excluding hydrogens is 536 g/mol. The smallest absolute Gasteiger partial charge is 0.269 e. The number of pyridine rings is 1. The minimum absolute atomic E-state index is 0.0620. The molecule has 0 bridgehead atoms. The van der Waals surface area contributed by atoms with Crippen LogP contribution in [-0.4, -0.2) is 68.3 Å². The van der Waals surface area contributed by atoms with Gasteiger partial charge in [-0.1, -0.05) is 30.3 Å². The molecule has 3 aromatic carbocycles. The first-order valence-corrected chi connectivity index (χ1v) is 13.7. The van der Waals surface area contributed by atoms with Gasteiger partial charge in [-0.25, -0.2) is 4.68 Å². The summed E-state index contributed by atoms with van der Waals surface area (Å²) in [5, 5.41) is 24.7. The Morgan fingerprint density at radius 3 is 2.48 bits per heavy atom. The van der Waals surface area contributed by atoms with Crippen LogP contribution in [0.5, 0.6) is 5.75 Å². The van der Waals surface area contributed by atoms with Gasteiger partial charge in [0.1, 0.15) is 11.8 Å². The van der Waals surface area contributed by atoms with Crippen molar-refractivity contribution >= 4 is 22.3 Å². The van der Waals surface area contributed by atoms with E-state index in [4.69, 9.17) is 4.74 Å². The number of hydrogen-bond acceptors (Lipinski definition) is 9. The lowest BCUT2D eigenvalue weighted by Gasteiger charge is -2.39. The Bertz CT molecular complexity index is 1750. The number of tetrazole rings is 1. The largest absolute Gasteiger partial charge is 0.497 e. The van der Waals surface area contributed by atoms with Gasteiger partial charge in [0.2, 0.25) is 0 Å². The van der Waals surface area contributed by atoms with Crippen LogP contribution in [0.1, 0.15) is 23.0 Å². The molecule has 2 aromatic heterocycles. The molecule has 3 heterocycles. The van der Waals surface area contributed by atoms with Crippen LogP contribution in [-0.2, 0) is 13.0 Å². The standard InChI is InChI=1S/C30H30N8O4/c1-42-25-11-12-27-22(19-25)20-26(30(39)31-27)28(29-32-33-34-37(29)14-13-21-5-3-2-4-6-21)36-17-15-35(16-18-36)23-7-9-24(10-8-23)38(40)41/h2-12,19-20,28H,13-18H2,1H3,(H,31,39)/t28-/m1/s1. The highest BCUT2D eigenvalue weighted by Gasteiger charge is 2.33. The maximum absolute atomic E-state index is 13.6. The second kappa shape index (κ2) is 11.8. The van der Waals surface area contributed by atoms with E-state index < -0.39 is 11.0 Å². The van der Waals surface area contributed by atoms with Crippen LogP contribution in [0.2, 0.25) is 0 Å². The second-order valence-corrected chi connectivity index (χ2v) is 10.2. The molecular formula is C30H30N8O4. The molecule has 214 valence electrons. The summed E-state index contributed by atoms with van der Waals surface area (Å²) in [6.45, 7) is 3.15. The van der Waals surface area contributed by atoms with Gasteiger partial charge in [-0.2, -0.15) is 0 Å².